The summed E-state index contributed by atoms with van der Waals surface area (Å²) in [6, 6.07) is 15.0. The van der Waals surface area contributed by atoms with Gasteiger partial charge in [-0.15, -0.1) is 11.8 Å². The Hall–Kier alpha value is -1.98. The molecule has 6 heteroatoms. The first-order valence-corrected chi connectivity index (χ1v) is 10.3. The number of esters is 1. The van der Waals surface area contributed by atoms with Gasteiger partial charge in [0, 0.05) is 21.7 Å². The molecule has 1 atom stereocenters. The molecule has 144 valence electrons. The van der Waals surface area contributed by atoms with Crippen LogP contribution in [-0.2, 0) is 15.3 Å². The highest BCUT2D eigenvalue weighted by molar-refractivity contribution is 7.98. The number of rotatable bonds is 9. The first kappa shape index (κ1) is 21.3. The van der Waals surface area contributed by atoms with Crippen LogP contribution in [-0.4, -0.2) is 24.5 Å². The third-order valence-corrected chi connectivity index (χ3v) is 5.21. The van der Waals surface area contributed by atoms with Crippen LogP contribution in [0.15, 0.2) is 53.4 Å². The van der Waals surface area contributed by atoms with E-state index in [0.717, 1.165) is 34.1 Å². The van der Waals surface area contributed by atoms with Gasteiger partial charge in [-0.1, -0.05) is 37.1 Å². The monoisotopic (exact) mass is 405 g/mol. The topological polar surface area (TPSA) is 55.4 Å². The largest absolute Gasteiger partial charge is 0.452 e. The highest BCUT2D eigenvalue weighted by Crippen LogP contribution is 2.24. The number of benzene rings is 2. The molecule has 1 N–H and O–H groups in total. The maximum absolute atomic E-state index is 12.1. The molecule has 27 heavy (non-hydrogen) atoms. The highest BCUT2D eigenvalue weighted by atomic mass is 35.5. The van der Waals surface area contributed by atoms with Crippen LogP contribution in [0, 0.1) is 0 Å². The van der Waals surface area contributed by atoms with E-state index < -0.39 is 5.97 Å². The van der Waals surface area contributed by atoms with Gasteiger partial charge in [0.2, 0.25) is 0 Å². The van der Waals surface area contributed by atoms with Crippen molar-refractivity contribution in [2.45, 2.75) is 43.4 Å². The second-order valence-corrected chi connectivity index (χ2v) is 7.76. The molecule has 0 radical (unpaired) electrons. The third-order valence-electron chi connectivity index (χ3n) is 3.87. The van der Waals surface area contributed by atoms with Crippen molar-refractivity contribution < 1.29 is 14.3 Å². The van der Waals surface area contributed by atoms with E-state index in [1.807, 2.05) is 43.3 Å². The summed E-state index contributed by atoms with van der Waals surface area (Å²) in [6.45, 7) is 3.73. The van der Waals surface area contributed by atoms with Crippen molar-refractivity contribution in [2.24, 2.45) is 0 Å². The summed E-state index contributed by atoms with van der Waals surface area (Å²) >= 11 is 7.57. The molecule has 0 spiro atoms. The number of nitrogens with one attached hydrogen (secondary N) is 1. The predicted molar refractivity (Wildman–Crippen MR) is 110 cm³/mol. The number of ether oxygens (including phenoxy) is 1. The molecule has 2 aromatic rings. The lowest BCUT2D eigenvalue weighted by molar-refractivity contribution is -0.124. The lowest BCUT2D eigenvalue weighted by Gasteiger charge is -2.12. The Bertz CT molecular complexity index is 747. The SMILES string of the molecule is CCC[C@H](C)NC(=O)COC(=O)c1ccc(CSc2ccc(Cl)cc2)cc1. The van der Waals surface area contributed by atoms with E-state index >= 15 is 0 Å². The van der Waals surface area contributed by atoms with Gasteiger partial charge in [-0.2, -0.15) is 0 Å². The van der Waals surface area contributed by atoms with Gasteiger partial charge in [-0.25, -0.2) is 4.79 Å². The molecule has 0 bridgehead atoms. The van der Waals surface area contributed by atoms with Crippen molar-refractivity contribution in [2.75, 3.05) is 6.61 Å². The lowest BCUT2D eigenvalue weighted by Crippen LogP contribution is -2.35. The second kappa shape index (κ2) is 11.0. The van der Waals surface area contributed by atoms with E-state index in [2.05, 4.69) is 12.2 Å². The Labute approximate surface area is 169 Å². The van der Waals surface area contributed by atoms with Crippen LogP contribution in [0.2, 0.25) is 5.02 Å². The molecular formula is C21H24ClNO3S. The smallest absolute Gasteiger partial charge is 0.338 e. The van der Waals surface area contributed by atoms with Gasteiger partial charge in [0.15, 0.2) is 6.61 Å². The zero-order valence-electron chi connectivity index (χ0n) is 15.5. The van der Waals surface area contributed by atoms with Crippen LogP contribution in [0.4, 0.5) is 0 Å². The van der Waals surface area contributed by atoms with Crippen molar-refractivity contribution in [3.05, 3.63) is 64.7 Å². The number of thioether (sulfide) groups is 1. The molecule has 2 rings (SSSR count). The van der Waals surface area contributed by atoms with E-state index in [0.29, 0.717) is 5.56 Å². The van der Waals surface area contributed by atoms with Crippen molar-refractivity contribution in [3.8, 4) is 0 Å². The molecule has 0 saturated carbocycles. The van der Waals surface area contributed by atoms with Crippen LogP contribution < -0.4 is 5.32 Å². The first-order valence-electron chi connectivity index (χ1n) is 8.91. The molecule has 0 aliphatic heterocycles. The van der Waals surface area contributed by atoms with Gasteiger partial charge in [-0.05, 0) is 55.3 Å². The summed E-state index contributed by atoms with van der Waals surface area (Å²) in [7, 11) is 0. The van der Waals surface area contributed by atoms with Gasteiger partial charge < -0.3 is 10.1 Å². The molecule has 0 aliphatic carbocycles. The van der Waals surface area contributed by atoms with E-state index in [1.54, 1.807) is 23.9 Å². The maximum atomic E-state index is 12.1. The van der Waals surface area contributed by atoms with Crippen LogP contribution in [0.25, 0.3) is 0 Å². The summed E-state index contributed by atoms with van der Waals surface area (Å²) < 4.78 is 5.08. The average Bonchev–Trinajstić information content (AvgIpc) is 2.66. The van der Waals surface area contributed by atoms with Crippen LogP contribution >= 0.6 is 23.4 Å². The zero-order valence-corrected chi connectivity index (χ0v) is 17.1. The fourth-order valence-electron chi connectivity index (χ4n) is 2.47. The van der Waals surface area contributed by atoms with Gasteiger partial charge >= 0.3 is 5.97 Å². The minimum atomic E-state index is -0.495. The minimum absolute atomic E-state index is 0.0821. The van der Waals surface area contributed by atoms with Crippen molar-refractivity contribution in [1.82, 2.24) is 5.32 Å². The van der Waals surface area contributed by atoms with E-state index in [4.69, 9.17) is 16.3 Å². The molecule has 0 saturated heterocycles. The van der Waals surface area contributed by atoms with Crippen LogP contribution in [0.3, 0.4) is 0 Å². The summed E-state index contributed by atoms with van der Waals surface area (Å²) in [5, 5.41) is 3.52. The summed E-state index contributed by atoms with van der Waals surface area (Å²) in [5.74, 6) is 0.0137. The zero-order chi connectivity index (χ0) is 19.6. The molecule has 0 aliphatic rings. The number of hydrogen-bond donors (Lipinski definition) is 1. The highest BCUT2D eigenvalue weighted by Gasteiger charge is 2.12. The molecular weight excluding hydrogens is 382 g/mol. The number of halogens is 1. The normalized spacial score (nSPS) is 11.7. The molecule has 0 aromatic heterocycles. The number of amides is 1. The van der Waals surface area contributed by atoms with Gasteiger partial charge in [-0.3, -0.25) is 4.79 Å². The average molecular weight is 406 g/mol. The Balaban J connectivity index is 1.79. The maximum Gasteiger partial charge on any atom is 0.338 e. The van der Waals surface area contributed by atoms with E-state index in [9.17, 15) is 9.59 Å². The number of carbonyl (C=O) groups is 2. The molecule has 1 amide bonds. The standard InChI is InChI=1S/C21H24ClNO3S/c1-3-4-15(2)23-20(24)13-26-21(25)17-7-5-16(6-8-17)14-27-19-11-9-18(22)10-12-19/h5-12,15H,3-4,13-14H2,1-2H3,(H,23,24)/t15-/m0/s1. The Morgan fingerprint density at radius 2 is 1.78 bits per heavy atom. The molecule has 0 heterocycles. The van der Waals surface area contributed by atoms with Gasteiger partial charge in [0.25, 0.3) is 5.91 Å². The summed E-state index contributed by atoms with van der Waals surface area (Å²) in [5.41, 5.74) is 1.53. The van der Waals surface area contributed by atoms with Gasteiger partial charge in [0.05, 0.1) is 5.56 Å². The van der Waals surface area contributed by atoms with Crippen molar-refractivity contribution in [3.63, 3.8) is 0 Å². The summed E-state index contributed by atoms with van der Waals surface area (Å²) in [6.07, 6.45) is 1.89. The summed E-state index contributed by atoms with van der Waals surface area (Å²) in [4.78, 5) is 25.0. The molecule has 0 fully saturated rings. The molecule has 0 unspecified atom stereocenters. The fraction of sp³-hybridized carbons (Fsp3) is 0.333. The quantitative estimate of drug-likeness (QED) is 0.466. The van der Waals surface area contributed by atoms with E-state index in [-0.39, 0.29) is 18.6 Å². The lowest BCUT2D eigenvalue weighted by atomic mass is 10.1. The first-order chi connectivity index (χ1) is 13.0. The van der Waals surface area contributed by atoms with Crippen molar-refractivity contribution >= 4 is 35.2 Å². The second-order valence-electron chi connectivity index (χ2n) is 6.27. The van der Waals surface area contributed by atoms with Crippen LogP contribution in [0.1, 0.15) is 42.6 Å². The van der Waals surface area contributed by atoms with Crippen molar-refractivity contribution in [1.29, 1.82) is 0 Å². The minimum Gasteiger partial charge on any atom is -0.452 e. The molecule has 4 nitrogen and oxygen atoms in total. The number of carbonyl (C=O) groups excluding carboxylic acids is 2. The Morgan fingerprint density at radius 3 is 2.41 bits per heavy atom. The predicted octanol–water partition coefficient (Wildman–Crippen LogP) is 5.09. The fourth-order valence-corrected chi connectivity index (χ4v) is 3.45. The number of hydrogen-bond acceptors (Lipinski definition) is 4. The Kier molecular flexibility index (Phi) is 8.69. The van der Waals surface area contributed by atoms with E-state index in [1.165, 1.54) is 0 Å². The molecule has 2 aromatic carbocycles. The van der Waals surface area contributed by atoms with Gasteiger partial charge in [0.1, 0.15) is 0 Å². The Morgan fingerprint density at radius 1 is 1.11 bits per heavy atom. The van der Waals surface area contributed by atoms with Crippen LogP contribution in [0.5, 0.6) is 0 Å². The third kappa shape index (κ3) is 7.65.